The Morgan fingerprint density at radius 3 is 2.73 bits per heavy atom. The van der Waals surface area contributed by atoms with Crippen molar-refractivity contribution in [2.75, 3.05) is 11.9 Å². The number of anilines is 1. The lowest BCUT2D eigenvalue weighted by Crippen LogP contribution is -2.09. The van der Waals surface area contributed by atoms with Crippen LogP contribution in [0.15, 0.2) is 36.5 Å². The second-order valence-electron chi connectivity index (χ2n) is 6.31. The molecule has 0 aliphatic carbocycles. The summed E-state index contributed by atoms with van der Waals surface area (Å²) in [6, 6.07) is 9.96. The van der Waals surface area contributed by atoms with Crippen molar-refractivity contribution in [2.24, 2.45) is 7.05 Å². The van der Waals surface area contributed by atoms with Crippen molar-refractivity contribution in [3.63, 3.8) is 0 Å². The maximum atomic E-state index is 4.65. The fourth-order valence-corrected chi connectivity index (χ4v) is 3.14. The van der Waals surface area contributed by atoms with Gasteiger partial charge in [-0.2, -0.15) is 5.10 Å². The van der Waals surface area contributed by atoms with E-state index in [9.17, 15) is 0 Å². The molecule has 0 atom stereocenters. The zero-order valence-electron chi connectivity index (χ0n) is 15.1. The van der Waals surface area contributed by atoms with Gasteiger partial charge in [0.2, 0.25) is 5.95 Å². The van der Waals surface area contributed by atoms with Crippen LogP contribution in [0.5, 0.6) is 0 Å². The maximum absolute atomic E-state index is 4.65. The van der Waals surface area contributed by atoms with Crippen LogP contribution in [0.1, 0.15) is 17.2 Å². The third-order valence-electron chi connectivity index (χ3n) is 4.50. The number of fused-ring (bicyclic) bond motifs is 1. The summed E-state index contributed by atoms with van der Waals surface area (Å²) in [6.07, 6.45) is 2.55. The van der Waals surface area contributed by atoms with E-state index < -0.39 is 0 Å². The second-order valence-corrected chi connectivity index (χ2v) is 6.31. The Morgan fingerprint density at radius 2 is 1.96 bits per heavy atom. The highest BCUT2D eigenvalue weighted by Gasteiger charge is 2.13. The number of nitrogens with zero attached hydrogens (tertiary/aromatic N) is 5. The van der Waals surface area contributed by atoms with E-state index in [2.05, 4.69) is 30.4 Å². The minimum Gasteiger partial charge on any atom is -0.354 e. The molecule has 0 aliphatic rings. The molecule has 4 rings (SSSR count). The second kappa shape index (κ2) is 6.59. The minimum atomic E-state index is 0.612. The molecule has 0 spiro atoms. The number of aryl methyl sites for hydroxylation is 2. The first-order chi connectivity index (χ1) is 12.6. The lowest BCUT2D eigenvalue weighted by Gasteiger charge is -2.06. The first-order valence-corrected chi connectivity index (χ1v) is 8.63. The van der Waals surface area contributed by atoms with Crippen LogP contribution in [-0.2, 0) is 13.5 Å². The van der Waals surface area contributed by atoms with Gasteiger partial charge in [0.1, 0.15) is 5.82 Å². The lowest BCUT2D eigenvalue weighted by molar-refractivity contribution is 0.731. The van der Waals surface area contributed by atoms with Gasteiger partial charge in [0.15, 0.2) is 0 Å². The Morgan fingerprint density at radius 1 is 1.12 bits per heavy atom. The monoisotopic (exact) mass is 347 g/mol. The molecular weight excluding hydrogens is 326 g/mol. The molecule has 0 radical (unpaired) electrons. The molecule has 132 valence electrons. The summed E-state index contributed by atoms with van der Waals surface area (Å²) >= 11 is 0. The van der Waals surface area contributed by atoms with E-state index in [0.717, 1.165) is 45.9 Å². The Bertz CT molecular complexity index is 1030. The average Bonchev–Trinajstić information content (AvgIpc) is 3.15. The van der Waals surface area contributed by atoms with Gasteiger partial charge in [0.05, 0.1) is 22.4 Å². The highest BCUT2D eigenvalue weighted by molar-refractivity contribution is 5.74. The van der Waals surface area contributed by atoms with Crippen molar-refractivity contribution >= 4 is 17.0 Å². The van der Waals surface area contributed by atoms with Gasteiger partial charge in [-0.05, 0) is 32.0 Å². The van der Waals surface area contributed by atoms with Crippen molar-refractivity contribution in [2.45, 2.75) is 20.3 Å². The van der Waals surface area contributed by atoms with E-state index in [1.807, 2.05) is 55.9 Å². The number of aromatic amines is 1. The van der Waals surface area contributed by atoms with Crippen LogP contribution in [0.3, 0.4) is 0 Å². The highest BCUT2D eigenvalue weighted by atomic mass is 15.3. The normalized spacial score (nSPS) is 11.2. The summed E-state index contributed by atoms with van der Waals surface area (Å²) in [5, 5.41) is 7.75. The van der Waals surface area contributed by atoms with Gasteiger partial charge in [0, 0.05) is 37.5 Å². The van der Waals surface area contributed by atoms with E-state index in [-0.39, 0.29) is 0 Å². The summed E-state index contributed by atoms with van der Waals surface area (Å²) < 4.78 is 1.88. The molecule has 0 aliphatic heterocycles. The van der Waals surface area contributed by atoms with Crippen LogP contribution in [0.25, 0.3) is 22.3 Å². The van der Waals surface area contributed by atoms with E-state index in [4.69, 9.17) is 0 Å². The van der Waals surface area contributed by atoms with Crippen LogP contribution in [0.4, 0.5) is 5.95 Å². The molecule has 0 fully saturated rings. The topological polar surface area (TPSA) is 84.3 Å². The largest absolute Gasteiger partial charge is 0.354 e. The molecule has 7 nitrogen and oxygen atoms in total. The predicted molar refractivity (Wildman–Crippen MR) is 102 cm³/mol. The maximum Gasteiger partial charge on any atom is 0.223 e. The zero-order valence-corrected chi connectivity index (χ0v) is 15.1. The Balaban J connectivity index is 1.47. The van der Waals surface area contributed by atoms with E-state index in [1.165, 1.54) is 0 Å². The Kier molecular flexibility index (Phi) is 4.12. The molecule has 0 unspecified atom stereocenters. The number of H-pyrrole nitrogens is 1. The number of benzene rings is 1. The average molecular weight is 347 g/mol. The van der Waals surface area contributed by atoms with Crippen LogP contribution in [-0.4, -0.2) is 36.3 Å². The summed E-state index contributed by atoms with van der Waals surface area (Å²) in [5.41, 5.74) is 6.06. The van der Waals surface area contributed by atoms with Gasteiger partial charge in [-0.1, -0.05) is 12.1 Å². The highest BCUT2D eigenvalue weighted by Crippen LogP contribution is 2.25. The van der Waals surface area contributed by atoms with Crippen molar-refractivity contribution < 1.29 is 0 Å². The van der Waals surface area contributed by atoms with Gasteiger partial charge >= 0.3 is 0 Å². The molecule has 0 saturated heterocycles. The molecule has 0 bridgehead atoms. The zero-order chi connectivity index (χ0) is 18.1. The molecule has 3 heterocycles. The smallest absolute Gasteiger partial charge is 0.223 e. The number of nitrogens with one attached hydrogen (secondary N) is 2. The molecular formula is C19H21N7. The first-order valence-electron chi connectivity index (χ1n) is 8.63. The quantitative estimate of drug-likeness (QED) is 0.580. The molecule has 7 heteroatoms. The fourth-order valence-electron chi connectivity index (χ4n) is 3.14. The minimum absolute atomic E-state index is 0.612. The number of aromatic nitrogens is 6. The standard InChI is InChI=1S/C19H21N7/c1-12-18(13(2)26(3)25-12)16-8-10-20-19(24-16)21-11-9-17-22-14-6-4-5-7-15(14)23-17/h4-8,10H,9,11H2,1-3H3,(H,22,23)(H,20,21,24). The van der Waals surface area contributed by atoms with Gasteiger partial charge in [-0.3, -0.25) is 4.68 Å². The molecule has 2 N–H and O–H groups in total. The van der Waals surface area contributed by atoms with Gasteiger partial charge < -0.3 is 10.3 Å². The van der Waals surface area contributed by atoms with Crippen LogP contribution in [0.2, 0.25) is 0 Å². The van der Waals surface area contributed by atoms with Crippen LogP contribution in [0, 0.1) is 13.8 Å². The molecule has 0 amide bonds. The summed E-state index contributed by atoms with van der Waals surface area (Å²) in [4.78, 5) is 16.9. The van der Waals surface area contributed by atoms with Crippen LogP contribution < -0.4 is 5.32 Å². The van der Waals surface area contributed by atoms with Crippen molar-refractivity contribution in [1.29, 1.82) is 0 Å². The number of rotatable bonds is 5. The Labute approximate surface area is 151 Å². The Hall–Kier alpha value is -3.22. The predicted octanol–water partition coefficient (Wildman–Crippen LogP) is 3.02. The molecule has 0 saturated carbocycles. The molecule has 1 aromatic carbocycles. The van der Waals surface area contributed by atoms with Crippen molar-refractivity contribution in [1.82, 2.24) is 29.7 Å². The summed E-state index contributed by atoms with van der Waals surface area (Å²) in [5.74, 6) is 1.56. The first kappa shape index (κ1) is 16.3. The van der Waals surface area contributed by atoms with Crippen molar-refractivity contribution in [3.05, 3.63) is 53.7 Å². The molecule has 3 aromatic heterocycles. The number of hydrogen-bond donors (Lipinski definition) is 2. The van der Waals surface area contributed by atoms with Gasteiger partial charge in [-0.25, -0.2) is 15.0 Å². The summed E-state index contributed by atoms with van der Waals surface area (Å²) in [6.45, 7) is 4.75. The SMILES string of the molecule is Cc1nn(C)c(C)c1-c1ccnc(NCCc2nc3ccccc3[nH]2)n1. The van der Waals surface area contributed by atoms with Gasteiger partial charge in [0.25, 0.3) is 0 Å². The third kappa shape index (κ3) is 3.03. The lowest BCUT2D eigenvalue weighted by atomic mass is 10.1. The van der Waals surface area contributed by atoms with E-state index >= 15 is 0 Å². The number of imidazole rings is 1. The number of para-hydroxylation sites is 2. The third-order valence-corrected chi connectivity index (χ3v) is 4.50. The van der Waals surface area contributed by atoms with Gasteiger partial charge in [-0.15, -0.1) is 0 Å². The van der Waals surface area contributed by atoms with E-state index in [1.54, 1.807) is 6.20 Å². The molecule has 26 heavy (non-hydrogen) atoms. The molecule has 4 aromatic rings. The van der Waals surface area contributed by atoms with Crippen LogP contribution >= 0.6 is 0 Å². The number of hydrogen-bond acceptors (Lipinski definition) is 5. The fraction of sp³-hybridized carbons (Fsp3) is 0.263. The summed E-state index contributed by atoms with van der Waals surface area (Å²) in [7, 11) is 1.94. The van der Waals surface area contributed by atoms with Crippen molar-refractivity contribution in [3.8, 4) is 11.3 Å². The van der Waals surface area contributed by atoms with E-state index in [0.29, 0.717) is 12.5 Å².